The average molecular weight is 302 g/mol. The molecule has 21 heavy (non-hydrogen) atoms. The SMILES string of the molecule is Cc1cc(=O)c(-c2onc(N)c2-c2ccc(Cl)cc2)c[nH]1. The molecule has 2 aromatic heterocycles. The van der Waals surface area contributed by atoms with Crippen molar-refractivity contribution in [2.24, 2.45) is 0 Å². The minimum absolute atomic E-state index is 0.155. The normalized spacial score (nSPS) is 10.8. The zero-order valence-corrected chi connectivity index (χ0v) is 11.9. The van der Waals surface area contributed by atoms with Crippen LogP contribution in [0.25, 0.3) is 22.5 Å². The van der Waals surface area contributed by atoms with E-state index in [1.807, 2.05) is 0 Å². The monoisotopic (exact) mass is 301 g/mol. The standard InChI is InChI=1S/C15H12ClN3O2/c1-8-6-12(20)11(7-18-8)14-13(15(17)19-21-14)9-2-4-10(16)5-3-9/h2-7H,1H3,(H2,17,19)(H,18,20). The molecule has 3 aromatic rings. The quantitative estimate of drug-likeness (QED) is 0.761. The van der Waals surface area contributed by atoms with Gasteiger partial charge in [0.25, 0.3) is 0 Å². The Hall–Kier alpha value is -2.53. The van der Waals surface area contributed by atoms with Crippen LogP contribution >= 0.6 is 11.6 Å². The van der Waals surface area contributed by atoms with Crippen molar-refractivity contribution in [1.82, 2.24) is 10.1 Å². The Labute approximate surface area is 125 Å². The Balaban J connectivity index is 2.21. The number of benzene rings is 1. The summed E-state index contributed by atoms with van der Waals surface area (Å²) in [6.07, 6.45) is 1.59. The third-order valence-corrected chi connectivity index (χ3v) is 3.41. The smallest absolute Gasteiger partial charge is 0.192 e. The maximum Gasteiger partial charge on any atom is 0.192 e. The minimum atomic E-state index is -0.155. The van der Waals surface area contributed by atoms with Crippen LogP contribution < -0.4 is 11.2 Å². The maximum absolute atomic E-state index is 12.1. The predicted molar refractivity (Wildman–Crippen MR) is 82.2 cm³/mol. The van der Waals surface area contributed by atoms with Crippen LogP contribution in [-0.2, 0) is 0 Å². The van der Waals surface area contributed by atoms with E-state index in [1.165, 1.54) is 6.07 Å². The van der Waals surface area contributed by atoms with Gasteiger partial charge in [0.1, 0.15) is 0 Å². The van der Waals surface area contributed by atoms with Crippen molar-refractivity contribution in [1.29, 1.82) is 0 Å². The largest absolute Gasteiger partial charge is 0.380 e. The number of aromatic nitrogens is 2. The van der Waals surface area contributed by atoms with Gasteiger partial charge >= 0.3 is 0 Å². The van der Waals surface area contributed by atoms with Crippen LogP contribution in [0, 0.1) is 6.92 Å². The molecule has 0 saturated carbocycles. The number of nitrogen functional groups attached to an aromatic ring is 1. The van der Waals surface area contributed by atoms with Crippen molar-refractivity contribution in [2.75, 3.05) is 5.73 Å². The highest BCUT2D eigenvalue weighted by atomic mass is 35.5. The lowest BCUT2D eigenvalue weighted by molar-refractivity contribution is 0.435. The number of nitrogens with one attached hydrogen (secondary N) is 1. The third kappa shape index (κ3) is 2.43. The van der Waals surface area contributed by atoms with Gasteiger partial charge < -0.3 is 15.2 Å². The number of anilines is 1. The summed E-state index contributed by atoms with van der Waals surface area (Å²) in [5.41, 5.74) is 8.25. The fourth-order valence-electron chi connectivity index (χ4n) is 2.13. The summed E-state index contributed by atoms with van der Waals surface area (Å²) >= 11 is 5.89. The van der Waals surface area contributed by atoms with Gasteiger partial charge in [-0.1, -0.05) is 28.9 Å². The number of nitrogens with two attached hydrogens (primary N) is 1. The molecule has 0 atom stereocenters. The van der Waals surface area contributed by atoms with E-state index in [1.54, 1.807) is 37.4 Å². The van der Waals surface area contributed by atoms with Crippen LogP contribution in [0.4, 0.5) is 5.82 Å². The molecule has 3 rings (SSSR count). The molecule has 2 heterocycles. The van der Waals surface area contributed by atoms with Crippen LogP contribution in [-0.4, -0.2) is 10.1 Å². The van der Waals surface area contributed by atoms with Gasteiger partial charge in [-0.15, -0.1) is 0 Å². The third-order valence-electron chi connectivity index (χ3n) is 3.15. The van der Waals surface area contributed by atoms with Crippen molar-refractivity contribution in [3.63, 3.8) is 0 Å². The number of pyridine rings is 1. The lowest BCUT2D eigenvalue weighted by atomic mass is 10.0. The first-order chi connectivity index (χ1) is 10.1. The number of aromatic amines is 1. The summed E-state index contributed by atoms with van der Waals surface area (Å²) in [5, 5.41) is 4.39. The zero-order valence-electron chi connectivity index (χ0n) is 11.2. The van der Waals surface area contributed by atoms with Crippen LogP contribution in [0.15, 0.2) is 45.8 Å². The minimum Gasteiger partial charge on any atom is -0.380 e. The second-order valence-corrected chi connectivity index (χ2v) is 5.11. The first-order valence-electron chi connectivity index (χ1n) is 6.27. The molecule has 0 fully saturated rings. The van der Waals surface area contributed by atoms with Crippen LogP contribution in [0.2, 0.25) is 5.02 Å². The highest BCUT2D eigenvalue weighted by Crippen LogP contribution is 2.35. The first kappa shape index (κ1) is 13.5. The fourth-order valence-corrected chi connectivity index (χ4v) is 2.26. The molecule has 0 aliphatic rings. The first-order valence-corrected chi connectivity index (χ1v) is 6.65. The van der Waals surface area contributed by atoms with Gasteiger partial charge in [0.2, 0.25) is 0 Å². The lowest BCUT2D eigenvalue weighted by Crippen LogP contribution is -2.05. The number of nitrogens with zero attached hydrogens (tertiary/aromatic N) is 1. The van der Waals surface area contributed by atoms with Crippen molar-refractivity contribution in [2.45, 2.75) is 6.92 Å². The van der Waals surface area contributed by atoms with Gasteiger partial charge in [0.05, 0.1) is 11.1 Å². The van der Waals surface area contributed by atoms with Crippen molar-refractivity contribution in [3.8, 4) is 22.5 Å². The Kier molecular flexibility index (Phi) is 3.27. The van der Waals surface area contributed by atoms with Gasteiger partial charge in [0, 0.05) is 23.0 Å². The second kappa shape index (κ2) is 5.10. The number of hydrogen-bond acceptors (Lipinski definition) is 4. The van der Waals surface area contributed by atoms with Gasteiger partial charge in [-0.05, 0) is 24.6 Å². The molecular weight excluding hydrogens is 290 g/mol. The molecule has 0 amide bonds. The van der Waals surface area contributed by atoms with Crippen molar-refractivity contribution >= 4 is 17.4 Å². The fraction of sp³-hybridized carbons (Fsp3) is 0.0667. The van der Waals surface area contributed by atoms with Crippen molar-refractivity contribution < 1.29 is 4.52 Å². The molecule has 0 bridgehead atoms. The van der Waals surface area contributed by atoms with E-state index in [0.717, 1.165) is 11.3 Å². The summed E-state index contributed by atoms with van der Waals surface area (Å²) in [5.74, 6) is 0.573. The molecule has 6 heteroatoms. The Morgan fingerprint density at radius 1 is 1.29 bits per heavy atom. The van der Waals surface area contributed by atoms with Gasteiger partial charge in [0.15, 0.2) is 17.0 Å². The van der Waals surface area contributed by atoms with Crippen LogP contribution in [0.3, 0.4) is 0 Å². The molecular formula is C15H12ClN3O2. The lowest BCUT2D eigenvalue weighted by Gasteiger charge is -2.03. The van der Waals surface area contributed by atoms with Gasteiger partial charge in [-0.25, -0.2) is 0 Å². The molecule has 0 unspecified atom stereocenters. The maximum atomic E-state index is 12.1. The molecule has 106 valence electrons. The van der Waals surface area contributed by atoms with E-state index in [0.29, 0.717) is 21.9 Å². The Bertz CT molecular complexity index is 850. The summed E-state index contributed by atoms with van der Waals surface area (Å²) in [4.78, 5) is 15.1. The highest BCUT2D eigenvalue weighted by molar-refractivity contribution is 6.30. The summed E-state index contributed by atoms with van der Waals surface area (Å²) in [7, 11) is 0. The summed E-state index contributed by atoms with van der Waals surface area (Å²) in [6.45, 7) is 1.81. The average Bonchev–Trinajstić information content (AvgIpc) is 2.82. The highest BCUT2D eigenvalue weighted by Gasteiger charge is 2.19. The molecule has 0 spiro atoms. The van der Waals surface area contributed by atoms with E-state index in [9.17, 15) is 4.79 Å². The molecule has 0 aliphatic carbocycles. The van der Waals surface area contributed by atoms with Crippen molar-refractivity contribution in [3.05, 3.63) is 57.5 Å². The molecule has 5 nitrogen and oxygen atoms in total. The van der Waals surface area contributed by atoms with Crippen LogP contribution in [0.1, 0.15) is 5.69 Å². The number of hydrogen-bond donors (Lipinski definition) is 2. The molecule has 0 saturated heterocycles. The molecule has 0 radical (unpaired) electrons. The number of H-pyrrole nitrogens is 1. The summed E-state index contributed by atoms with van der Waals surface area (Å²) < 4.78 is 5.26. The van der Waals surface area contributed by atoms with Gasteiger partial charge in [-0.3, -0.25) is 4.79 Å². The molecule has 1 aromatic carbocycles. The van der Waals surface area contributed by atoms with Gasteiger partial charge in [-0.2, -0.15) is 0 Å². The predicted octanol–water partition coefficient (Wildman–Crippen LogP) is 3.24. The molecule has 3 N–H and O–H groups in total. The van der Waals surface area contributed by atoms with E-state index >= 15 is 0 Å². The number of aryl methyl sites for hydroxylation is 1. The second-order valence-electron chi connectivity index (χ2n) is 4.67. The van der Waals surface area contributed by atoms with Crippen LogP contribution in [0.5, 0.6) is 0 Å². The van der Waals surface area contributed by atoms with E-state index in [-0.39, 0.29) is 11.2 Å². The van der Waals surface area contributed by atoms with E-state index in [4.69, 9.17) is 21.9 Å². The summed E-state index contributed by atoms with van der Waals surface area (Å²) in [6, 6.07) is 8.59. The Morgan fingerprint density at radius 3 is 2.67 bits per heavy atom. The number of halogens is 1. The Morgan fingerprint density at radius 2 is 2.00 bits per heavy atom. The number of rotatable bonds is 2. The molecule has 0 aliphatic heterocycles. The topological polar surface area (TPSA) is 84.9 Å². The van der Waals surface area contributed by atoms with E-state index < -0.39 is 0 Å². The zero-order chi connectivity index (χ0) is 15.0. The van der Waals surface area contributed by atoms with E-state index in [2.05, 4.69) is 10.1 Å².